The Bertz CT molecular complexity index is 1280. The van der Waals surface area contributed by atoms with E-state index in [1.807, 2.05) is 42.0 Å². The Kier molecular flexibility index (Phi) is 5.55. The maximum Gasteiger partial charge on any atom is 0.261 e. The molecule has 0 aliphatic carbocycles. The molecule has 1 aromatic heterocycles. The minimum Gasteiger partial charge on any atom is -0.322 e. The molecule has 0 bridgehead atoms. The van der Waals surface area contributed by atoms with Gasteiger partial charge >= 0.3 is 0 Å². The van der Waals surface area contributed by atoms with Crippen LogP contribution in [0.2, 0.25) is 0 Å². The Balaban J connectivity index is 1.43. The number of anilines is 2. The number of carbonyl (C=O) groups excluding carboxylic acids is 1. The molecule has 3 aromatic carbocycles. The highest BCUT2D eigenvalue weighted by atomic mass is 32.2. The lowest BCUT2D eigenvalue weighted by atomic mass is 10.2. The number of sulfonamides is 1. The first-order valence-corrected chi connectivity index (χ1v) is 11.0. The lowest BCUT2D eigenvalue weighted by Crippen LogP contribution is -2.14. The number of hydrogen-bond acceptors (Lipinski definition) is 4. The van der Waals surface area contributed by atoms with Gasteiger partial charge in [0, 0.05) is 35.0 Å². The van der Waals surface area contributed by atoms with E-state index in [4.69, 9.17) is 0 Å². The van der Waals surface area contributed by atoms with Gasteiger partial charge in [-0.15, -0.1) is 0 Å². The molecule has 2 N–H and O–H groups in total. The third-order valence-electron chi connectivity index (χ3n) is 4.66. The Morgan fingerprint density at radius 1 is 0.871 bits per heavy atom. The topological polar surface area (TPSA) is 93.1 Å². The molecule has 8 heteroatoms. The van der Waals surface area contributed by atoms with Crippen LogP contribution < -0.4 is 10.0 Å². The fraction of sp³-hybridized carbons (Fsp3) is 0.0435. The van der Waals surface area contributed by atoms with Gasteiger partial charge in [-0.1, -0.05) is 17.7 Å². The number of amides is 1. The van der Waals surface area contributed by atoms with Crippen LogP contribution in [0.25, 0.3) is 5.69 Å². The summed E-state index contributed by atoms with van der Waals surface area (Å²) in [6, 6.07) is 20.2. The van der Waals surface area contributed by atoms with Gasteiger partial charge in [-0.25, -0.2) is 13.4 Å². The van der Waals surface area contributed by atoms with Crippen molar-refractivity contribution in [2.45, 2.75) is 11.8 Å². The van der Waals surface area contributed by atoms with Crippen molar-refractivity contribution >= 4 is 27.3 Å². The number of imidazole rings is 1. The smallest absolute Gasteiger partial charge is 0.261 e. The largest absolute Gasteiger partial charge is 0.322 e. The lowest BCUT2D eigenvalue weighted by molar-refractivity contribution is 0.102. The second-order valence-electron chi connectivity index (χ2n) is 6.97. The van der Waals surface area contributed by atoms with Crippen LogP contribution in [0.5, 0.6) is 0 Å². The Morgan fingerprint density at radius 3 is 2.13 bits per heavy atom. The molecule has 7 nitrogen and oxygen atoms in total. The number of nitrogens with one attached hydrogen (secondary N) is 2. The van der Waals surface area contributed by atoms with E-state index in [1.54, 1.807) is 36.8 Å². The zero-order chi connectivity index (χ0) is 21.8. The SMILES string of the molecule is Cc1ccc(NS(=O)(=O)c2ccc(C(=O)Nc3ccc(-n4ccnc4)cc3)cc2)cc1. The molecule has 0 saturated carbocycles. The summed E-state index contributed by atoms with van der Waals surface area (Å²) in [6.07, 6.45) is 5.21. The fourth-order valence-corrected chi connectivity index (χ4v) is 4.01. The molecule has 1 heterocycles. The molecule has 156 valence electrons. The maximum atomic E-state index is 12.6. The minimum atomic E-state index is -3.74. The van der Waals surface area contributed by atoms with E-state index in [9.17, 15) is 13.2 Å². The number of nitrogens with zero attached hydrogens (tertiary/aromatic N) is 2. The highest BCUT2D eigenvalue weighted by Gasteiger charge is 2.15. The second kappa shape index (κ2) is 8.45. The summed E-state index contributed by atoms with van der Waals surface area (Å²) in [5.41, 5.74) is 3.42. The van der Waals surface area contributed by atoms with Crippen molar-refractivity contribution in [3.8, 4) is 5.69 Å². The van der Waals surface area contributed by atoms with Crippen LogP contribution in [0, 0.1) is 6.92 Å². The number of carbonyl (C=O) groups is 1. The van der Waals surface area contributed by atoms with Crippen molar-refractivity contribution in [3.05, 3.63) is 103 Å². The van der Waals surface area contributed by atoms with E-state index in [1.165, 1.54) is 24.3 Å². The summed E-state index contributed by atoms with van der Waals surface area (Å²) in [4.78, 5) is 16.6. The summed E-state index contributed by atoms with van der Waals surface area (Å²) < 4.78 is 29.5. The van der Waals surface area contributed by atoms with E-state index in [-0.39, 0.29) is 10.8 Å². The molecule has 0 radical (unpaired) electrons. The number of hydrogen-bond donors (Lipinski definition) is 2. The molecular formula is C23H20N4O3S. The summed E-state index contributed by atoms with van der Waals surface area (Å²) in [7, 11) is -3.74. The van der Waals surface area contributed by atoms with Gasteiger partial charge in [-0.2, -0.15) is 0 Å². The van der Waals surface area contributed by atoms with Gasteiger partial charge in [0.15, 0.2) is 0 Å². The lowest BCUT2D eigenvalue weighted by Gasteiger charge is -2.10. The monoisotopic (exact) mass is 432 g/mol. The van der Waals surface area contributed by atoms with Gasteiger partial charge in [0.05, 0.1) is 11.2 Å². The number of aromatic nitrogens is 2. The molecule has 0 unspecified atom stereocenters. The quantitative estimate of drug-likeness (QED) is 0.477. The number of rotatable bonds is 6. The average molecular weight is 433 g/mol. The molecule has 4 aromatic rings. The summed E-state index contributed by atoms with van der Waals surface area (Å²) >= 11 is 0. The highest BCUT2D eigenvalue weighted by Crippen LogP contribution is 2.18. The van der Waals surface area contributed by atoms with Crippen LogP contribution in [0.1, 0.15) is 15.9 Å². The summed E-state index contributed by atoms with van der Waals surface area (Å²) in [5, 5.41) is 2.81. The Hall–Kier alpha value is -3.91. The number of benzene rings is 3. The predicted molar refractivity (Wildman–Crippen MR) is 120 cm³/mol. The predicted octanol–water partition coefficient (Wildman–Crippen LogP) is 4.23. The number of aryl methyl sites for hydroxylation is 1. The van der Waals surface area contributed by atoms with Crippen LogP contribution in [-0.4, -0.2) is 23.9 Å². The molecule has 0 saturated heterocycles. The molecule has 0 atom stereocenters. The Morgan fingerprint density at radius 2 is 1.52 bits per heavy atom. The van der Waals surface area contributed by atoms with E-state index in [0.717, 1.165) is 11.3 Å². The minimum absolute atomic E-state index is 0.0781. The summed E-state index contributed by atoms with van der Waals surface area (Å²) in [5.74, 6) is -0.328. The zero-order valence-electron chi connectivity index (χ0n) is 16.7. The van der Waals surface area contributed by atoms with Gasteiger partial charge in [-0.3, -0.25) is 9.52 Å². The maximum absolute atomic E-state index is 12.6. The van der Waals surface area contributed by atoms with E-state index >= 15 is 0 Å². The van der Waals surface area contributed by atoms with Crippen LogP contribution in [-0.2, 0) is 10.0 Å². The van der Waals surface area contributed by atoms with Crippen LogP contribution >= 0.6 is 0 Å². The highest BCUT2D eigenvalue weighted by molar-refractivity contribution is 7.92. The third kappa shape index (κ3) is 4.81. The molecular weight excluding hydrogens is 412 g/mol. The molecule has 4 rings (SSSR count). The van der Waals surface area contributed by atoms with Gasteiger partial charge in [0.1, 0.15) is 0 Å². The summed E-state index contributed by atoms with van der Waals surface area (Å²) in [6.45, 7) is 1.93. The molecule has 0 aliphatic heterocycles. The van der Waals surface area contributed by atoms with Crippen molar-refractivity contribution in [2.75, 3.05) is 10.0 Å². The van der Waals surface area contributed by atoms with Gasteiger partial charge < -0.3 is 9.88 Å². The first-order chi connectivity index (χ1) is 14.9. The average Bonchev–Trinajstić information content (AvgIpc) is 3.31. The molecule has 31 heavy (non-hydrogen) atoms. The van der Waals surface area contributed by atoms with E-state index in [0.29, 0.717) is 16.9 Å². The van der Waals surface area contributed by atoms with Crippen LogP contribution in [0.3, 0.4) is 0 Å². The second-order valence-corrected chi connectivity index (χ2v) is 8.65. The van der Waals surface area contributed by atoms with Crippen molar-refractivity contribution in [2.24, 2.45) is 0 Å². The normalized spacial score (nSPS) is 11.1. The van der Waals surface area contributed by atoms with Gasteiger partial charge in [0.2, 0.25) is 0 Å². The van der Waals surface area contributed by atoms with Crippen LogP contribution in [0.4, 0.5) is 11.4 Å². The standard InChI is InChI=1S/C23H20N4O3S/c1-17-2-6-20(7-3-17)26-31(29,30)22-12-4-18(5-13-22)23(28)25-19-8-10-21(11-9-19)27-15-14-24-16-27/h2-16,26H,1H3,(H,25,28). The molecule has 1 amide bonds. The molecule has 0 aliphatic rings. The molecule has 0 fully saturated rings. The van der Waals surface area contributed by atoms with Crippen molar-refractivity contribution in [3.63, 3.8) is 0 Å². The first-order valence-electron chi connectivity index (χ1n) is 9.50. The van der Waals surface area contributed by atoms with Crippen molar-refractivity contribution < 1.29 is 13.2 Å². The third-order valence-corrected chi connectivity index (χ3v) is 6.06. The van der Waals surface area contributed by atoms with Crippen LogP contribution in [0.15, 0.2) is 96.4 Å². The Labute approximate surface area is 180 Å². The van der Waals surface area contributed by atoms with Crippen molar-refractivity contribution in [1.82, 2.24) is 9.55 Å². The van der Waals surface area contributed by atoms with Gasteiger partial charge in [0.25, 0.3) is 15.9 Å². The first kappa shape index (κ1) is 20.4. The van der Waals surface area contributed by atoms with Gasteiger partial charge in [-0.05, 0) is 67.6 Å². The van der Waals surface area contributed by atoms with E-state index in [2.05, 4.69) is 15.0 Å². The fourth-order valence-electron chi connectivity index (χ4n) is 2.95. The molecule has 0 spiro atoms. The van der Waals surface area contributed by atoms with Crippen molar-refractivity contribution in [1.29, 1.82) is 0 Å². The van der Waals surface area contributed by atoms with E-state index < -0.39 is 10.0 Å². The zero-order valence-corrected chi connectivity index (χ0v) is 17.5.